The van der Waals surface area contributed by atoms with Gasteiger partial charge in [-0.1, -0.05) is 18.2 Å². The van der Waals surface area contributed by atoms with Gasteiger partial charge in [-0.25, -0.2) is 4.98 Å². The van der Waals surface area contributed by atoms with E-state index in [1.165, 1.54) is 16.9 Å². The molecular weight excluding hydrogens is 308 g/mol. The molecule has 5 heteroatoms. The summed E-state index contributed by atoms with van der Waals surface area (Å²) in [5.41, 5.74) is 8.71. The number of fused-ring (bicyclic) bond motifs is 2. The van der Waals surface area contributed by atoms with Crippen LogP contribution in [0.1, 0.15) is 32.4 Å². The van der Waals surface area contributed by atoms with E-state index in [4.69, 9.17) is 10.5 Å². The monoisotopic (exact) mass is 324 g/mol. The fraction of sp³-hybridized carbons (Fsp3) is 0.222. The van der Waals surface area contributed by atoms with Gasteiger partial charge in [-0.3, -0.25) is 4.79 Å². The number of amides is 1. The van der Waals surface area contributed by atoms with Crippen LogP contribution >= 0.6 is 11.3 Å². The van der Waals surface area contributed by atoms with E-state index in [1.54, 1.807) is 0 Å². The Morgan fingerprint density at radius 1 is 1.30 bits per heavy atom. The van der Waals surface area contributed by atoms with Gasteiger partial charge in [0, 0.05) is 17.0 Å². The Morgan fingerprint density at radius 3 is 2.96 bits per heavy atom. The maximum absolute atomic E-state index is 11.9. The minimum atomic E-state index is -0.389. The lowest BCUT2D eigenvalue weighted by atomic mass is 9.88. The number of pyridine rings is 1. The quantitative estimate of drug-likeness (QED) is 0.785. The van der Waals surface area contributed by atoms with E-state index in [-0.39, 0.29) is 11.8 Å². The maximum atomic E-state index is 11.9. The van der Waals surface area contributed by atoms with Gasteiger partial charge in [0.2, 0.25) is 0 Å². The summed E-state index contributed by atoms with van der Waals surface area (Å²) >= 11 is 1.38. The minimum Gasteiger partial charge on any atom is -0.493 e. The second kappa shape index (κ2) is 5.35. The van der Waals surface area contributed by atoms with Gasteiger partial charge in [0.25, 0.3) is 5.91 Å². The molecule has 1 atom stereocenters. The number of aromatic nitrogens is 1. The molecule has 1 unspecified atom stereocenters. The molecule has 116 valence electrons. The summed E-state index contributed by atoms with van der Waals surface area (Å²) in [6.07, 6.45) is 0.843. The van der Waals surface area contributed by atoms with E-state index < -0.39 is 0 Å². The van der Waals surface area contributed by atoms with Crippen LogP contribution < -0.4 is 10.5 Å². The lowest BCUT2D eigenvalue weighted by Gasteiger charge is -2.25. The Bertz CT molecular complexity index is 917. The normalized spacial score (nSPS) is 16.8. The molecule has 0 spiro atoms. The molecule has 2 N–H and O–H groups in total. The predicted molar refractivity (Wildman–Crippen MR) is 91.3 cm³/mol. The second-order valence-corrected chi connectivity index (χ2v) is 6.83. The van der Waals surface area contributed by atoms with E-state index in [0.717, 1.165) is 33.6 Å². The Hall–Kier alpha value is -2.40. The molecule has 0 saturated heterocycles. The first-order valence-electron chi connectivity index (χ1n) is 7.54. The van der Waals surface area contributed by atoms with Gasteiger partial charge in [0.05, 0.1) is 11.5 Å². The zero-order chi connectivity index (χ0) is 16.0. The average Bonchev–Trinajstić information content (AvgIpc) is 2.93. The number of nitrogens with two attached hydrogens (primary N) is 1. The molecule has 4 nitrogen and oxygen atoms in total. The summed E-state index contributed by atoms with van der Waals surface area (Å²) in [7, 11) is 0. The third kappa shape index (κ3) is 2.37. The van der Waals surface area contributed by atoms with Gasteiger partial charge >= 0.3 is 0 Å². The molecule has 0 radical (unpaired) electrons. The Kier molecular flexibility index (Phi) is 3.31. The average molecular weight is 324 g/mol. The molecule has 0 saturated carbocycles. The van der Waals surface area contributed by atoms with Crippen LogP contribution in [0.25, 0.3) is 10.2 Å². The van der Waals surface area contributed by atoms with Crippen molar-refractivity contribution in [1.82, 2.24) is 4.98 Å². The van der Waals surface area contributed by atoms with E-state index >= 15 is 0 Å². The van der Waals surface area contributed by atoms with Crippen LogP contribution in [0, 0.1) is 6.92 Å². The van der Waals surface area contributed by atoms with Crippen LogP contribution in [0.15, 0.2) is 36.4 Å². The number of para-hydroxylation sites is 1. The standard InChI is InChI=1S/C18H16N2O2S/c1-10-6-7-13-15(16(17(19)21)23-18(13)20-10)12-8-11-4-2-3-5-14(11)22-9-12/h2-7,12H,8-9H2,1H3,(H2,19,21). The third-order valence-corrected chi connectivity index (χ3v) is 5.37. The third-order valence-electron chi connectivity index (χ3n) is 4.24. The van der Waals surface area contributed by atoms with Gasteiger partial charge in [-0.05, 0) is 42.7 Å². The van der Waals surface area contributed by atoms with E-state index in [9.17, 15) is 4.79 Å². The van der Waals surface area contributed by atoms with Crippen molar-refractivity contribution in [1.29, 1.82) is 0 Å². The van der Waals surface area contributed by atoms with E-state index in [2.05, 4.69) is 11.1 Å². The topological polar surface area (TPSA) is 65.2 Å². The molecule has 1 aromatic carbocycles. The van der Waals surface area contributed by atoms with Gasteiger partial charge in [0.15, 0.2) is 0 Å². The van der Waals surface area contributed by atoms with Gasteiger partial charge < -0.3 is 10.5 Å². The van der Waals surface area contributed by atoms with Gasteiger partial charge in [-0.2, -0.15) is 0 Å². The molecule has 4 rings (SSSR count). The molecule has 3 heterocycles. The lowest BCUT2D eigenvalue weighted by Crippen LogP contribution is -2.22. The smallest absolute Gasteiger partial charge is 0.259 e. The zero-order valence-corrected chi connectivity index (χ0v) is 13.5. The van der Waals surface area contributed by atoms with Crippen molar-refractivity contribution < 1.29 is 9.53 Å². The van der Waals surface area contributed by atoms with Crippen LogP contribution in [0.5, 0.6) is 5.75 Å². The number of carbonyl (C=O) groups excluding carboxylic acids is 1. The first-order chi connectivity index (χ1) is 11.1. The maximum Gasteiger partial charge on any atom is 0.259 e. The number of nitrogens with zero attached hydrogens (tertiary/aromatic N) is 1. The van der Waals surface area contributed by atoms with Crippen molar-refractivity contribution in [2.24, 2.45) is 5.73 Å². The summed E-state index contributed by atoms with van der Waals surface area (Å²) < 4.78 is 5.90. The van der Waals surface area contributed by atoms with Crippen LogP contribution in [0.2, 0.25) is 0 Å². The van der Waals surface area contributed by atoms with Crippen molar-refractivity contribution >= 4 is 27.5 Å². The fourth-order valence-electron chi connectivity index (χ4n) is 3.19. The van der Waals surface area contributed by atoms with Crippen LogP contribution in [0.3, 0.4) is 0 Å². The fourth-order valence-corrected chi connectivity index (χ4v) is 4.35. The highest BCUT2D eigenvalue weighted by atomic mass is 32.1. The van der Waals surface area contributed by atoms with Crippen LogP contribution in [0.4, 0.5) is 0 Å². The predicted octanol–water partition coefficient (Wildman–Crippen LogP) is 3.42. The molecule has 3 aromatic rings. The number of rotatable bonds is 2. The highest BCUT2D eigenvalue weighted by molar-refractivity contribution is 7.20. The largest absolute Gasteiger partial charge is 0.493 e. The molecule has 0 bridgehead atoms. The van der Waals surface area contributed by atoms with Crippen molar-refractivity contribution in [3.8, 4) is 5.75 Å². The lowest BCUT2D eigenvalue weighted by molar-refractivity contribution is 0.100. The number of carbonyl (C=O) groups is 1. The number of benzene rings is 1. The summed E-state index contributed by atoms with van der Waals surface area (Å²) in [6, 6.07) is 12.0. The molecule has 1 aliphatic heterocycles. The molecule has 1 aliphatic rings. The van der Waals surface area contributed by atoms with E-state index in [1.807, 2.05) is 37.3 Å². The van der Waals surface area contributed by atoms with Crippen molar-refractivity contribution in [2.45, 2.75) is 19.3 Å². The Labute approximate surface area is 137 Å². The summed E-state index contributed by atoms with van der Waals surface area (Å²) in [5, 5.41) is 1.02. The first-order valence-corrected chi connectivity index (χ1v) is 8.35. The minimum absolute atomic E-state index is 0.116. The summed E-state index contributed by atoms with van der Waals surface area (Å²) in [4.78, 5) is 17.9. The number of hydrogen-bond donors (Lipinski definition) is 1. The SMILES string of the molecule is Cc1ccc2c(C3COc4ccccc4C3)c(C(N)=O)sc2n1. The Morgan fingerprint density at radius 2 is 2.13 bits per heavy atom. The van der Waals surface area contributed by atoms with E-state index in [0.29, 0.717) is 11.5 Å². The molecular formula is C18H16N2O2S. The molecule has 0 fully saturated rings. The van der Waals surface area contributed by atoms with Crippen molar-refractivity contribution in [3.63, 3.8) is 0 Å². The second-order valence-electron chi connectivity index (χ2n) is 5.83. The van der Waals surface area contributed by atoms with Crippen molar-refractivity contribution in [3.05, 3.63) is 58.1 Å². The van der Waals surface area contributed by atoms with Crippen molar-refractivity contribution in [2.75, 3.05) is 6.61 Å². The molecule has 2 aromatic heterocycles. The molecule has 1 amide bonds. The number of hydrogen-bond acceptors (Lipinski definition) is 4. The first kappa shape index (κ1) is 14.2. The van der Waals surface area contributed by atoms with Gasteiger partial charge in [-0.15, -0.1) is 11.3 Å². The van der Waals surface area contributed by atoms with Crippen LogP contribution in [-0.4, -0.2) is 17.5 Å². The van der Waals surface area contributed by atoms with Gasteiger partial charge in [0.1, 0.15) is 10.6 Å². The summed E-state index contributed by atoms with van der Waals surface area (Å²) in [5.74, 6) is 0.656. The molecule has 0 aliphatic carbocycles. The van der Waals surface area contributed by atoms with Crippen LogP contribution in [-0.2, 0) is 6.42 Å². The highest BCUT2D eigenvalue weighted by Gasteiger charge is 2.28. The Balaban J connectivity index is 1.85. The molecule has 23 heavy (non-hydrogen) atoms. The highest BCUT2D eigenvalue weighted by Crippen LogP contribution is 2.40. The zero-order valence-electron chi connectivity index (χ0n) is 12.7. The number of primary amides is 1. The number of ether oxygens (including phenoxy) is 1. The number of thiophene rings is 1. The summed E-state index contributed by atoms with van der Waals surface area (Å²) in [6.45, 7) is 2.50. The number of aryl methyl sites for hydroxylation is 1.